The summed E-state index contributed by atoms with van der Waals surface area (Å²) in [4.78, 5) is 24.3. The van der Waals surface area contributed by atoms with E-state index in [-0.39, 0.29) is 25.2 Å². The number of rotatable bonds is 51. The highest BCUT2D eigenvalue weighted by molar-refractivity contribution is 5.70. The molecule has 0 fully saturated rings. The van der Waals surface area contributed by atoms with Crippen LogP contribution in [-0.2, 0) is 19.1 Å². The molecule has 0 aliphatic heterocycles. The highest BCUT2D eigenvalue weighted by atomic mass is 16.6. The van der Waals surface area contributed by atoms with Gasteiger partial charge in [-0.1, -0.05) is 290 Å². The molecule has 0 aromatic carbocycles. The van der Waals surface area contributed by atoms with Crippen molar-refractivity contribution in [3.05, 3.63) is 0 Å². The van der Waals surface area contributed by atoms with Crippen LogP contribution in [0.3, 0.4) is 0 Å². The molecular formula is C54H106O5. The molecule has 0 aliphatic rings. The van der Waals surface area contributed by atoms with Crippen LogP contribution in [0.2, 0.25) is 0 Å². The van der Waals surface area contributed by atoms with Gasteiger partial charge in [-0.3, -0.25) is 9.59 Å². The summed E-state index contributed by atoms with van der Waals surface area (Å²) in [6.45, 7) is 4.16. The molecule has 1 atom stereocenters. The molecule has 0 aromatic heterocycles. The predicted molar refractivity (Wildman–Crippen MR) is 256 cm³/mol. The average molecular weight is 835 g/mol. The highest BCUT2D eigenvalue weighted by Gasteiger charge is 2.16. The molecule has 352 valence electrons. The van der Waals surface area contributed by atoms with Gasteiger partial charge < -0.3 is 14.6 Å². The Balaban J connectivity index is 3.30. The number of hydrogen-bond donors (Lipinski definition) is 1. The van der Waals surface area contributed by atoms with E-state index in [2.05, 4.69) is 13.8 Å². The van der Waals surface area contributed by atoms with Gasteiger partial charge in [-0.25, -0.2) is 0 Å². The van der Waals surface area contributed by atoms with Gasteiger partial charge in [-0.2, -0.15) is 0 Å². The Hall–Kier alpha value is -1.10. The number of aliphatic hydroxyl groups is 1. The molecule has 0 aromatic rings. The minimum absolute atomic E-state index is 0.0573. The number of ether oxygens (including phenoxy) is 2. The highest BCUT2D eigenvalue weighted by Crippen LogP contribution is 2.18. The average Bonchev–Trinajstić information content (AvgIpc) is 3.24. The lowest BCUT2D eigenvalue weighted by Gasteiger charge is -2.15. The van der Waals surface area contributed by atoms with Gasteiger partial charge in [-0.05, 0) is 12.8 Å². The summed E-state index contributed by atoms with van der Waals surface area (Å²) in [6, 6.07) is 0. The van der Waals surface area contributed by atoms with Crippen LogP contribution in [0.1, 0.15) is 316 Å². The van der Waals surface area contributed by atoms with Crippen LogP contribution in [0.4, 0.5) is 0 Å². The Morgan fingerprint density at radius 2 is 0.525 bits per heavy atom. The van der Waals surface area contributed by atoms with E-state index in [1.165, 1.54) is 250 Å². The summed E-state index contributed by atoms with van der Waals surface area (Å²) in [5.74, 6) is -0.575. The van der Waals surface area contributed by atoms with E-state index >= 15 is 0 Å². The molecule has 0 saturated carbocycles. The van der Waals surface area contributed by atoms with E-state index in [0.717, 1.165) is 38.5 Å². The lowest BCUT2D eigenvalue weighted by atomic mass is 10.0. The van der Waals surface area contributed by atoms with Gasteiger partial charge in [0.25, 0.3) is 0 Å². The van der Waals surface area contributed by atoms with Crippen molar-refractivity contribution in [2.24, 2.45) is 0 Å². The zero-order valence-electron chi connectivity index (χ0n) is 40.3. The topological polar surface area (TPSA) is 72.8 Å². The lowest BCUT2D eigenvalue weighted by Crippen LogP contribution is -2.28. The molecule has 59 heavy (non-hydrogen) atoms. The third kappa shape index (κ3) is 49.4. The van der Waals surface area contributed by atoms with Gasteiger partial charge in [0, 0.05) is 12.8 Å². The summed E-state index contributed by atoms with van der Waals surface area (Å²) in [7, 11) is 0. The largest absolute Gasteiger partial charge is 0.462 e. The molecule has 1 N–H and O–H groups in total. The molecule has 0 radical (unpaired) electrons. The van der Waals surface area contributed by atoms with E-state index < -0.39 is 6.10 Å². The summed E-state index contributed by atoms with van der Waals surface area (Å²) in [5.41, 5.74) is 0. The first-order chi connectivity index (χ1) is 29.1. The van der Waals surface area contributed by atoms with Gasteiger partial charge >= 0.3 is 11.9 Å². The maximum Gasteiger partial charge on any atom is 0.306 e. The molecule has 0 heterocycles. The fourth-order valence-corrected chi connectivity index (χ4v) is 8.56. The number of hydrogen-bond acceptors (Lipinski definition) is 5. The number of unbranched alkanes of at least 4 members (excludes halogenated alkanes) is 43. The molecular weight excluding hydrogens is 729 g/mol. The van der Waals surface area contributed by atoms with Crippen molar-refractivity contribution >= 4 is 11.9 Å². The zero-order valence-corrected chi connectivity index (χ0v) is 40.3. The summed E-state index contributed by atoms with van der Waals surface area (Å²) >= 11 is 0. The second-order valence-corrected chi connectivity index (χ2v) is 18.7. The minimum Gasteiger partial charge on any atom is -0.462 e. The third-order valence-electron chi connectivity index (χ3n) is 12.7. The van der Waals surface area contributed by atoms with Crippen LogP contribution >= 0.6 is 0 Å². The number of aliphatic hydroxyl groups excluding tert-OH is 1. The van der Waals surface area contributed by atoms with E-state index in [0.29, 0.717) is 12.8 Å². The van der Waals surface area contributed by atoms with Gasteiger partial charge in [0.2, 0.25) is 0 Å². The van der Waals surface area contributed by atoms with Gasteiger partial charge in [-0.15, -0.1) is 0 Å². The Kier molecular flexibility index (Phi) is 50.3. The second kappa shape index (κ2) is 51.3. The van der Waals surface area contributed by atoms with Crippen molar-refractivity contribution < 1.29 is 24.2 Å². The van der Waals surface area contributed by atoms with E-state index in [9.17, 15) is 14.7 Å². The van der Waals surface area contributed by atoms with Crippen LogP contribution in [0, 0.1) is 0 Å². The van der Waals surface area contributed by atoms with E-state index in [1.54, 1.807) is 0 Å². The molecule has 0 bridgehead atoms. The van der Waals surface area contributed by atoms with Crippen molar-refractivity contribution in [3.8, 4) is 0 Å². The van der Waals surface area contributed by atoms with Crippen molar-refractivity contribution in [1.82, 2.24) is 0 Å². The van der Waals surface area contributed by atoms with Crippen LogP contribution in [0.25, 0.3) is 0 Å². The molecule has 1 unspecified atom stereocenters. The second-order valence-electron chi connectivity index (χ2n) is 18.7. The van der Waals surface area contributed by atoms with Crippen molar-refractivity contribution in [2.75, 3.05) is 13.2 Å². The van der Waals surface area contributed by atoms with Crippen molar-refractivity contribution in [2.45, 2.75) is 322 Å². The molecule has 0 saturated heterocycles. The Bertz CT molecular complexity index is 815. The van der Waals surface area contributed by atoms with Gasteiger partial charge in [0.1, 0.15) is 6.61 Å². The summed E-state index contributed by atoms with van der Waals surface area (Å²) in [6.07, 6.45) is 61.1. The number of esters is 2. The quantitative estimate of drug-likeness (QED) is 0.0488. The van der Waals surface area contributed by atoms with Crippen molar-refractivity contribution in [1.29, 1.82) is 0 Å². The number of carbonyl (C=O) groups is 2. The van der Waals surface area contributed by atoms with Gasteiger partial charge in [0.05, 0.1) is 6.61 Å². The van der Waals surface area contributed by atoms with Gasteiger partial charge in [0.15, 0.2) is 6.10 Å². The first kappa shape index (κ1) is 57.9. The molecule has 5 heteroatoms. The predicted octanol–water partition coefficient (Wildman–Crippen LogP) is 17.8. The fourth-order valence-electron chi connectivity index (χ4n) is 8.56. The normalized spacial score (nSPS) is 12.0. The van der Waals surface area contributed by atoms with Crippen molar-refractivity contribution in [3.63, 3.8) is 0 Å². The molecule has 5 nitrogen and oxygen atoms in total. The maximum atomic E-state index is 12.2. The smallest absolute Gasteiger partial charge is 0.306 e. The summed E-state index contributed by atoms with van der Waals surface area (Å²) < 4.78 is 10.6. The molecule has 0 spiro atoms. The number of carbonyl (C=O) groups excluding carboxylic acids is 2. The SMILES string of the molecule is CCCCCCCCCCCCCCCCCCCCCCCCCCCCCCCCCCCCCCC(=O)OC(CO)COC(=O)CCCCCCCCCCC. The fraction of sp³-hybridized carbons (Fsp3) is 0.963. The first-order valence-electron chi connectivity index (χ1n) is 27.1. The molecule has 0 aliphatic carbocycles. The first-order valence-corrected chi connectivity index (χ1v) is 27.1. The summed E-state index contributed by atoms with van der Waals surface area (Å²) in [5, 5.41) is 9.57. The molecule has 0 amide bonds. The third-order valence-corrected chi connectivity index (χ3v) is 12.7. The molecule has 0 rings (SSSR count). The van der Waals surface area contributed by atoms with Crippen LogP contribution < -0.4 is 0 Å². The van der Waals surface area contributed by atoms with Crippen LogP contribution in [-0.4, -0.2) is 36.4 Å². The Labute approximate surface area is 369 Å². The van der Waals surface area contributed by atoms with E-state index in [1.807, 2.05) is 0 Å². The van der Waals surface area contributed by atoms with Crippen LogP contribution in [0.15, 0.2) is 0 Å². The lowest BCUT2D eigenvalue weighted by molar-refractivity contribution is -0.161. The van der Waals surface area contributed by atoms with Crippen LogP contribution in [0.5, 0.6) is 0 Å². The zero-order chi connectivity index (χ0) is 42.8. The monoisotopic (exact) mass is 835 g/mol. The minimum atomic E-state index is -0.762. The Morgan fingerprint density at radius 3 is 0.746 bits per heavy atom. The maximum absolute atomic E-state index is 12.2. The standard InChI is InChI=1S/C54H106O5/c1-3-5-7-9-11-13-14-15-16-17-18-19-20-21-22-23-24-25-26-27-28-29-30-31-32-33-34-35-36-37-38-39-41-43-45-47-49-54(57)59-52(50-55)51-58-53(56)48-46-44-42-40-12-10-8-6-4-2/h52,55H,3-51H2,1-2H3. The van der Waals surface area contributed by atoms with E-state index in [4.69, 9.17) is 9.47 Å². The Morgan fingerprint density at radius 1 is 0.322 bits per heavy atom.